The second kappa shape index (κ2) is 42.7. The maximum absolute atomic E-state index is 13.2. The third kappa shape index (κ3) is 34.2. The summed E-state index contributed by atoms with van der Waals surface area (Å²) in [4.78, 5) is 13.2. The van der Waals surface area contributed by atoms with Gasteiger partial charge in [-0.1, -0.05) is 244 Å². The van der Waals surface area contributed by atoms with Gasteiger partial charge in [0.05, 0.1) is 25.4 Å². The first-order valence-corrected chi connectivity index (χ1v) is 28.5. The minimum atomic E-state index is -5.12. The predicted molar refractivity (Wildman–Crippen MR) is 265 cm³/mol. The average molecular weight is 964 g/mol. The Morgan fingerprint density at radius 2 is 0.985 bits per heavy atom. The number of unbranched alkanes of at least 4 members (excludes halogenated alkanes) is 34. The highest BCUT2D eigenvalue weighted by atomic mass is 32.3. The summed E-state index contributed by atoms with van der Waals surface area (Å²) in [6.07, 6.45) is 37.1. The third-order valence-electron chi connectivity index (χ3n) is 13.2. The van der Waals surface area contributed by atoms with Crippen LogP contribution in [-0.4, -0.2) is 107 Å². The van der Waals surface area contributed by atoms with Gasteiger partial charge in [-0.25, -0.2) is 4.18 Å². The van der Waals surface area contributed by atoms with E-state index in [4.69, 9.17) is 9.47 Å². The van der Waals surface area contributed by atoms with Gasteiger partial charge in [0.2, 0.25) is 5.91 Å². The van der Waals surface area contributed by atoms with Crippen LogP contribution < -0.4 is 5.32 Å². The van der Waals surface area contributed by atoms with Crippen LogP contribution in [0.5, 0.6) is 0 Å². The molecule has 8 unspecified atom stereocenters. The molecule has 0 aromatic heterocycles. The lowest BCUT2D eigenvalue weighted by molar-refractivity contribution is -0.298. The van der Waals surface area contributed by atoms with Crippen LogP contribution >= 0.6 is 0 Å². The fourth-order valence-corrected chi connectivity index (χ4v) is 9.38. The first-order valence-electron chi connectivity index (χ1n) is 27.2. The third-order valence-corrected chi connectivity index (χ3v) is 13.6. The molecule has 8 atom stereocenters. The number of nitrogens with one attached hydrogen (secondary N) is 1. The SMILES string of the molecule is CCCCCCCCCCCCCCCCCC/C=C/C(O)C(COC1OC(CO)C(O)C(OS(=O)(=O)O)C1O)NC(=O)C(O)CCCCCCCCCCCCCCCCCCCCC. The fourth-order valence-electron chi connectivity index (χ4n) is 8.88. The molecule has 0 radical (unpaired) electrons. The summed E-state index contributed by atoms with van der Waals surface area (Å²) in [6.45, 7) is 3.26. The number of ether oxygens (including phenoxy) is 2. The zero-order valence-electron chi connectivity index (χ0n) is 41.9. The fraction of sp³-hybridized carbons (Fsp3) is 0.942. The minimum absolute atomic E-state index is 0.249. The Morgan fingerprint density at radius 3 is 1.36 bits per heavy atom. The molecule has 1 rings (SSSR count). The van der Waals surface area contributed by atoms with Crippen LogP contribution in [-0.2, 0) is 28.9 Å². The summed E-state index contributed by atoms with van der Waals surface area (Å²) in [6, 6.07) is -1.12. The summed E-state index contributed by atoms with van der Waals surface area (Å²) < 4.78 is 47.7. The van der Waals surface area contributed by atoms with Gasteiger partial charge in [0, 0.05) is 0 Å². The number of carbonyl (C=O) groups is 1. The molecular weight excluding hydrogens is 863 g/mol. The van der Waals surface area contributed by atoms with Crippen molar-refractivity contribution in [1.29, 1.82) is 0 Å². The van der Waals surface area contributed by atoms with Gasteiger partial charge >= 0.3 is 10.4 Å². The van der Waals surface area contributed by atoms with Crippen molar-refractivity contribution in [3.8, 4) is 0 Å². The maximum Gasteiger partial charge on any atom is 0.397 e. The Morgan fingerprint density at radius 1 is 0.606 bits per heavy atom. The standard InChI is InChI=1S/C52H101NO12S/c1-3-5-7-9-11-13-15-17-19-21-23-25-27-29-31-33-35-37-39-41-46(56)51(59)53-44(43-63-52-49(58)50(65-66(60,61)62)48(57)47(42-54)64-52)45(55)40-38-36-34-32-30-28-26-24-22-20-18-16-14-12-10-8-6-4-2/h38,40,44-50,52,54-58H,3-37,39,41-43H2,1-2H3,(H,53,59)(H,60,61,62)/b40-38+. The Hall–Kier alpha value is -1.20. The summed E-state index contributed by atoms with van der Waals surface area (Å²) >= 11 is 0. The molecular formula is C52H101NO12S. The van der Waals surface area contributed by atoms with Crippen molar-refractivity contribution in [2.45, 2.75) is 300 Å². The number of aliphatic hydroxyl groups is 5. The van der Waals surface area contributed by atoms with Crippen LogP contribution in [0.25, 0.3) is 0 Å². The molecule has 0 saturated carbocycles. The van der Waals surface area contributed by atoms with Crippen LogP contribution in [0.3, 0.4) is 0 Å². The predicted octanol–water partition coefficient (Wildman–Crippen LogP) is 10.9. The largest absolute Gasteiger partial charge is 0.397 e. The number of carbonyl (C=O) groups excluding carboxylic acids is 1. The molecule has 1 aliphatic heterocycles. The van der Waals surface area contributed by atoms with E-state index in [1.165, 1.54) is 180 Å². The molecule has 1 amide bonds. The van der Waals surface area contributed by atoms with Crippen LogP contribution in [0.1, 0.15) is 251 Å². The van der Waals surface area contributed by atoms with Gasteiger partial charge in [0.1, 0.15) is 30.5 Å². The first-order chi connectivity index (χ1) is 31.9. The monoisotopic (exact) mass is 964 g/mol. The number of hydrogen-bond acceptors (Lipinski definition) is 11. The highest BCUT2D eigenvalue weighted by molar-refractivity contribution is 7.80. The Bertz CT molecular complexity index is 1240. The molecule has 0 aromatic rings. The van der Waals surface area contributed by atoms with Gasteiger partial charge in [0.25, 0.3) is 0 Å². The number of rotatable bonds is 47. The summed E-state index contributed by atoms with van der Waals surface area (Å²) in [5.74, 6) is -0.697. The lowest BCUT2D eigenvalue weighted by Gasteiger charge is -2.41. The van der Waals surface area contributed by atoms with E-state index in [9.17, 15) is 43.3 Å². The van der Waals surface area contributed by atoms with Crippen molar-refractivity contribution >= 4 is 16.3 Å². The van der Waals surface area contributed by atoms with Crippen molar-refractivity contribution in [3.05, 3.63) is 12.2 Å². The molecule has 1 aliphatic rings. The van der Waals surface area contributed by atoms with Crippen LogP contribution in [0.2, 0.25) is 0 Å². The van der Waals surface area contributed by atoms with E-state index in [1.54, 1.807) is 6.08 Å². The number of hydrogen-bond donors (Lipinski definition) is 7. The van der Waals surface area contributed by atoms with Gasteiger partial charge in [-0.3, -0.25) is 9.35 Å². The highest BCUT2D eigenvalue weighted by Crippen LogP contribution is 2.26. The quantitative estimate of drug-likeness (QED) is 0.0172. The first kappa shape index (κ1) is 62.8. The van der Waals surface area contributed by atoms with E-state index in [2.05, 4.69) is 23.3 Å². The maximum atomic E-state index is 13.2. The van der Waals surface area contributed by atoms with E-state index in [0.29, 0.717) is 12.8 Å². The Balaban J connectivity index is 2.48. The molecule has 1 fully saturated rings. The molecule has 66 heavy (non-hydrogen) atoms. The zero-order chi connectivity index (χ0) is 48.5. The number of aliphatic hydroxyl groups excluding tert-OH is 5. The van der Waals surface area contributed by atoms with Gasteiger partial charge in [0.15, 0.2) is 6.29 Å². The van der Waals surface area contributed by atoms with Crippen molar-refractivity contribution < 1.29 is 57.0 Å². The van der Waals surface area contributed by atoms with Crippen LogP contribution in [0.4, 0.5) is 0 Å². The van der Waals surface area contributed by atoms with Crippen LogP contribution in [0, 0.1) is 0 Å². The van der Waals surface area contributed by atoms with Crippen LogP contribution in [0.15, 0.2) is 12.2 Å². The van der Waals surface area contributed by atoms with Crippen molar-refractivity contribution in [2.24, 2.45) is 0 Å². The normalized spacial score (nSPS) is 20.5. The molecule has 7 N–H and O–H groups in total. The number of amides is 1. The van der Waals surface area contributed by atoms with Gasteiger partial charge < -0.3 is 40.3 Å². The van der Waals surface area contributed by atoms with E-state index in [-0.39, 0.29) is 6.42 Å². The summed E-state index contributed by atoms with van der Waals surface area (Å²) in [5, 5.41) is 55.5. The van der Waals surface area contributed by atoms with Gasteiger partial charge in [-0.15, -0.1) is 0 Å². The van der Waals surface area contributed by atoms with Crippen molar-refractivity contribution in [2.75, 3.05) is 13.2 Å². The molecule has 0 spiro atoms. The molecule has 14 heteroatoms. The lowest BCUT2D eigenvalue weighted by Crippen LogP contribution is -2.61. The molecule has 1 heterocycles. The molecule has 1 saturated heterocycles. The second-order valence-corrected chi connectivity index (χ2v) is 20.4. The van der Waals surface area contributed by atoms with Crippen molar-refractivity contribution in [3.63, 3.8) is 0 Å². The minimum Gasteiger partial charge on any atom is -0.394 e. The van der Waals surface area contributed by atoms with Gasteiger partial charge in [-0.05, 0) is 19.3 Å². The molecule has 0 aromatic carbocycles. The average Bonchev–Trinajstić information content (AvgIpc) is 3.29. The number of allylic oxidation sites excluding steroid dienone is 1. The second-order valence-electron chi connectivity index (χ2n) is 19.3. The van der Waals surface area contributed by atoms with E-state index >= 15 is 0 Å². The molecule has 13 nitrogen and oxygen atoms in total. The lowest BCUT2D eigenvalue weighted by atomic mass is 9.99. The Kier molecular flexibility index (Phi) is 40.6. The topological polar surface area (TPSA) is 212 Å². The molecule has 392 valence electrons. The smallest absolute Gasteiger partial charge is 0.394 e. The van der Waals surface area contributed by atoms with Gasteiger partial charge in [-0.2, -0.15) is 8.42 Å². The van der Waals surface area contributed by atoms with E-state index < -0.39 is 78.5 Å². The van der Waals surface area contributed by atoms with E-state index in [1.807, 2.05) is 6.08 Å². The zero-order valence-corrected chi connectivity index (χ0v) is 42.7. The molecule has 0 bridgehead atoms. The van der Waals surface area contributed by atoms with E-state index in [0.717, 1.165) is 38.5 Å². The summed E-state index contributed by atoms with van der Waals surface area (Å²) in [5.41, 5.74) is 0. The Labute approximate surface area is 403 Å². The highest BCUT2D eigenvalue weighted by Gasteiger charge is 2.48. The summed E-state index contributed by atoms with van der Waals surface area (Å²) in [7, 11) is -5.12. The molecule has 0 aliphatic carbocycles. The van der Waals surface area contributed by atoms with Crippen molar-refractivity contribution in [1.82, 2.24) is 5.32 Å².